The number of nitrogens with two attached hydrogens (primary N) is 2. The smallest absolute Gasteiger partial charge is 0.245 e. The van der Waals surface area contributed by atoms with Gasteiger partial charge in [0.1, 0.15) is 12.1 Å². The molecule has 2 heterocycles. The molecule has 4 aromatic rings. The molecule has 0 fully saturated rings. The molecule has 1 aromatic heterocycles. The van der Waals surface area contributed by atoms with Crippen LogP contribution >= 0.6 is 39.3 Å². The molecule has 13 heteroatoms. The molecule has 0 radical (unpaired) electrons. The average molecular weight is 783 g/mol. The van der Waals surface area contributed by atoms with Gasteiger partial charge in [0.25, 0.3) is 0 Å². The average Bonchev–Trinajstić information content (AvgIpc) is 3.52. The molecule has 8 N–H and O–H groups in total. The molecule has 0 unspecified atom stereocenters. The molecular weight excluding hydrogens is 738 g/mol. The van der Waals surface area contributed by atoms with Crippen LogP contribution in [0.1, 0.15) is 48.8 Å². The zero-order valence-corrected chi connectivity index (χ0v) is 31.3. The third kappa shape index (κ3) is 9.48. The maximum absolute atomic E-state index is 14.4. The first-order chi connectivity index (χ1) is 24.2. The van der Waals surface area contributed by atoms with Gasteiger partial charge in [-0.25, -0.2) is 0 Å². The lowest BCUT2D eigenvalue weighted by molar-refractivity contribution is -0.142. The summed E-state index contributed by atoms with van der Waals surface area (Å²) in [4.78, 5) is 49.1. The second-order valence-electron chi connectivity index (χ2n) is 12.5. The van der Waals surface area contributed by atoms with Gasteiger partial charge in [0.05, 0.1) is 11.1 Å². The lowest BCUT2D eigenvalue weighted by Gasteiger charge is -2.32. The molecular formula is C37H45BrClN7O3S. The van der Waals surface area contributed by atoms with E-state index >= 15 is 0 Å². The highest BCUT2D eigenvalue weighted by Gasteiger charge is 2.34. The predicted octanol–water partition coefficient (Wildman–Crippen LogP) is 5.25. The number of nitrogens with one attached hydrogen (secondary N) is 4. The summed E-state index contributed by atoms with van der Waals surface area (Å²) in [7, 11) is 1.64. The molecule has 1 aliphatic rings. The van der Waals surface area contributed by atoms with Gasteiger partial charge in [-0.3, -0.25) is 14.4 Å². The van der Waals surface area contributed by atoms with E-state index < -0.39 is 18.1 Å². The number of unbranched alkanes of at least 4 members (excludes halogenated alkanes) is 1. The lowest BCUT2D eigenvalue weighted by Crippen LogP contribution is -2.57. The van der Waals surface area contributed by atoms with E-state index in [4.69, 9.17) is 23.1 Å². The number of likely N-dealkylation sites (N-methyl/N-ethyl adjacent to an activating group) is 1. The van der Waals surface area contributed by atoms with Crippen LogP contribution in [0.5, 0.6) is 0 Å². The maximum Gasteiger partial charge on any atom is 0.245 e. The van der Waals surface area contributed by atoms with Crippen LogP contribution in [0, 0.1) is 0 Å². The number of para-hydroxylation sites is 1. The highest BCUT2D eigenvalue weighted by atomic mass is 79.9. The molecule has 0 spiro atoms. The van der Waals surface area contributed by atoms with Gasteiger partial charge < -0.3 is 37.3 Å². The van der Waals surface area contributed by atoms with Crippen molar-refractivity contribution >= 4 is 67.9 Å². The number of hydrogen-bond donors (Lipinski definition) is 6. The number of fused-ring (bicyclic) bond motifs is 3. The van der Waals surface area contributed by atoms with Crippen LogP contribution in [0.2, 0.25) is 5.02 Å². The number of carbonyl (C=O) groups is 3. The number of benzene rings is 3. The number of rotatable bonds is 9. The number of carbonyl (C=O) groups excluding carboxylic acids is 3. The number of H-pyrrole nitrogens is 1. The van der Waals surface area contributed by atoms with Crippen LogP contribution in [0.15, 0.2) is 81.1 Å². The predicted molar refractivity (Wildman–Crippen MR) is 204 cm³/mol. The summed E-state index contributed by atoms with van der Waals surface area (Å²) < 4.78 is 0.897. The van der Waals surface area contributed by atoms with Crippen molar-refractivity contribution in [1.29, 1.82) is 0 Å². The Morgan fingerprint density at radius 2 is 1.68 bits per heavy atom. The molecule has 3 aromatic carbocycles. The topological polar surface area (TPSA) is 158 Å². The van der Waals surface area contributed by atoms with Crippen molar-refractivity contribution in [2.24, 2.45) is 11.5 Å². The summed E-state index contributed by atoms with van der Waals surface area (Å²) in [6.07, 6.45) is 4.97. The van der Waals surface area contributed by atoms with E-state index in [1.165, 1.54) is 16.7 Å². The first-order valence-corrected chi connectivity index (χ1v) is 19.0. The van der Waals surface area contributed by atoms with E-state index in [1.54, 1.807) is 7.05 Å². The largest absolute Gasteiger partial charge is 0.361 e. The lowest BCUT2D eigenvalue weighted by atomic mass is 10.0. The van der Waals surface area contributed by atoms with Crippen molar-refractivity contribution in [2.75, 3.05) is 20.1 Å². The minimum atomic E-state index is -0.870. The van der Waals surface area contributed by atoms with Crippen molar-refractivity contribution < 1.29 is 14.4 Å². The monoisotopic (exact) mass is 781 g/mol. The summed E-state index contributed by atoms with van der Waals surface area (Å²) in [5.74, 6) is -0.951. The standard InChI is InChI=1S/C37H45BrClN7O3S/c1-46-32(19-24-21-42-29-11-3-2-9-27(24)29)36(48)44-20-23-8-6-10-28(39)34(23)50-33-15-14-26(38)18-25(33)22-43-30(13-7-17-41)35(47)45-31(37(46)49)12-4-5-16-40/h2-3,6,8-11,14-15,18,21,30-32,42-43H,4-5,7,12-13,16-17,19-20,22,40-41H2,1H3,(H,44,48)(H,45,47)/t30-,31-,32-/m0/s1. The van der Waals surface area contributed by atoms with Crippen LogP contribution in [-0.2, 0) is 33.9 Å². The fourth-order valence-electron chi connectivity index (χ4n) is 6.22. The molecule has 0 saturated heterocycles. The summed E-state index contributed by atoms with van der Waals surface area (Å²) >= 11 is 11.9. The third-order valence-corrected chi connectivity index (χ3v) is 11.3. The summed E-state index contributed by atoms with van der Waals surface area (Å²) in [5, 5.41) is 11.1. The number of aromatic nitrogens is 1. The van der Waals surface area contributed by atoms with E-state index in [0.717, 1.165) is 41.9 Å². The third-order valence-electron chi connectivity index (χ3n) is 9.06. The van der Waals surface area contributed by atoms with E-state index in [2.05, 4.69) is 36.9 Å². The highest BCUT2D eigenvalue weighted by molar-refractivity contribution is 9.10. The summed E-state index contributed by atoms with van der Waals surface area (Å²) in [5.41, 5.74) is 15.3. The normalized spacial score (nSPS) is 19.4. The van der Waals surface area contributed by atoms with E-state index in [9.17, 15) is 14.4 Å². The first-order valence-electron chi connectivity index (χ1n) is 17.0. The Hall–Kier alpha value is -3.39. The van der Waals surface area contributed by atoms with Gasteiger partial charge in [0.2, 0.25) is 17.7 Å². The van der Waals surface area contributed by atoms with Crippen LogP contribution in [-0.4, -0.2) is 65.9 Å². The van der Waals surface area contributed by atoms with Gasteiger partial charge in [0.15, 0.2) is 0 Å². The second kappa shape index (κ2) is 18.2. The Kier molecular flexibility index (Phi) is 13.8. The van der Waals surface area contributed by atoms with Crippen LogP contribution < -0.4 is 27.4 Å². The van der Waals surface area contributed by atoms with Crippen LogP contribution in [0.4, 0.5) is 0 Å². The number of aromatic amines is 1. The SMILES string of the molecule is CN1C(=O)[C@H](CCCCN)NC(=O)[C@H](CCCN)NCc2cc(Br)ccc2Sc2c(Cl)cccc2CNC(=O)[C@@H]1Cc1c[nH]c2ccccc12. The maximum atomic E-state index is 14.4. The quantitative estimate of drug-likeness (QED) is 0.127. The fourth-order valence-corrected chi connectivity index (χ4v) is 7.99. The minimum absolute atomic E-state index is 0.204. The van der Waals surface area contributed by atoms with Crippen molar-refractivity contribution in [3.63, 3.8) is 0 Å². The Bertz CT molecular complexity index is 1800. The molecule has 3 atom stereocenters. The Balaban J connectivity index is 1.57. The molecule has 50 heavy (non-hydrogen) atoms. The number of halogens is 2. The van der Waals surface area contributed by atoms with Gasteiger partial charge in [-0.05, 0) is 92.2 Å². The molecule has 0 bridgehead atoms. The molecule has 3 amide bonds. The second-order valence-corrected chi connectivity index (χ2v) is 14.9. The Labute approximate surface area is 311 Å². The van der Waals surface area contributed by atoms with Gasteiger partial charge >= 0.3 is 0 Å². The number of hydrogen-bond acceptors (Lipinski definition) is 7. The molecule has 266 valence electrons. The molecule has 0 saturated carbocycles. The number of amides is 3. The van der Waals surface area contributed by atoms with Crippen molar-refractivity contribution in [3.05, 3.63) is 93.0 Å². The molecule has 5 rings (SSSR count). The Morgan fingerprint density at radius 3 is 2.48 bits per heavy atom. The van der Waals surface area contributed by atoms with Gasteiger partial charge in [-0.2, -0.15) is 0 Å². The Morgan fingerprint density at radius 1 is 0.900 bits per heavy atom. The van der Waals surface area contributed by atoms with E-state index in [1.807, 2.05) is 66.9 Å². The van der Waals surface area contributed by atoms with Crippen LogP contribution in [0.25, 0.3) is 10.9 Å². The zero-order valence-electron chi connectivity index (χ0n) is 28.1. The summed E-state index contributed by atoms with van der Waals surface area (Å²) in [6.45, 7) is 1.48. The van der Waals surface area contributed by atoms with Crippen LogP contribution in [0.3, 0.4) is 0 Å². The van der Waals surface area contributed by atoms with Gasteiger partial charge in [0, 0.05) is 57.9 Å². The van der Waals surface area contributed by atoms with Crippen molar-refractivity contribution in [2.45, 2.75) is 79.5 Å². The van der Waals surface area contributed by atoms with Gasteiger partial charge in [-0.1, -0.05) is 69.6 Å². The van der Waals surface area contributed by atoms with E-state index in [0.29, 0.717) is 56.8 Å². The molecule has 0 aliphatic carbocycles. The van der Waals surface area contributed by atoms with Crippen molar-refractivity contribution in [1.82, 2.24) is 25.8 Å². The highest BCUT2D eigenvalue weighted by Crippen LogP contribution is 2.38. The van der Waals surface area contributed by atoms with Gasteiger partial charge in [-0.15, -0.1) is 0 Å². The fraction of sp³-hybridized carbons (Fsp3) is 0.378. The number of nitrogens with zero attached hydrogens (tertiary/aromatic N) is 1. The van der Waals surface area contributed by atoms with Crippen molar-refractivity contribution in [3.8, 4) is 0 Å². The van der Waals surface area contributed by atoms with E-state index in [-0.39, 0.29) is 30.7 Å². The minimum Gasteiger partial charge on any atom is -0.361 e. The first kappa shape index (κ1) is 37.9. The summed E-state index contributed by atoms with van der Waals surface area (Å²) in [6, 6.07) is 17.2. The molecule has 1 aliphatic heterocycles. The zero-order chi connectivity index (χ0) is 35.6. The molecule has 10 nitrogen and oxygen atoms in total.